The molecule has 0 aliphatic rings. The first kappa shape index (κ1) is 13.5. The highest BCUT2D eigenvalue weighted by molar-refractivity contribution is 6.06. The molecule has 0 aliphatic carbocycles. The number of hydrogen-bond donors (Lipinski definition) is 2. The SMILES string of the molecule is Cc1noc2nc(C(C)C)cc(C(=O)NCCN)c12. The number of aromatic nitrogens is 2. The highest BCUT2D eigenvalue weighted by atomic mass is 16.5. The maximum absolute atomic E-state index is 12.2. The number of nitrogens with one attached hydrogen (secondary N) is 1. The van der Waals surface area contributed by atoms with Crippen LogP contribution in [-0.2, 0) is 0 Å². The average Bonchev–Trinajstić information content (AvgIpc) is 2.76. The maximum atomic E-state index is 12.2. The molecule has 0 spiro atoms. The molecule has 0 aliphatic heterocycles. The minimum atomic E-state index is -0.175. The molecule has 0 saturated carbocycles. The summed E-state index contributed by atoms with van der Waals surface area (Å²) >= 11 is 0. The number of nitrogens with two attached hydrogens (primary N) is 1. The standard InChI is InChI=1S/C13H18N4O2/c1-7(2)10-6-9(12(18)15-5-4-14)11-8(3)17-19-13(11)16-10/h6-7H,4-5,14H2,1-3H3,(H,15,18). The van der Waals surface area contributed by atoms with Gasteiger partial charge in [0.05, 0.1) is 16.6 Å². The Hall–Kier alpha value is -1.95. The van der Waals surface area contributed by atoms with E-state index in [-0.39, 0.29) is 11.8 Å². The van der Waals surface area contributed by atoms with Crippen LogP contribution in [0.4, 0.5) is 0 Å². The van der Waals surface area contributed by atoms with Crippen molar-refractivity contribution >= 4 is 17.0 Å². The maximum Gasteiger partial charge on any atom is 0.259 e. The van der Waals surface area contributed by atoms with E-state index >= 15 is 0 Å². The normalized spacial score (nSPS) is 11.2. The molecule has 0 aromatic carbocycles. The number of hydrogen-bond acceptors (Lipinski definition) is 5. The first-order valence-electron chi connectivity index (χ1n) is 6.29. The van der Waals surface area contributed by atoms with Crippen LogP contribution in [0.1, 0.15) is 41.5 Å². The fourth-order valence-electron chi connectivity index (χ4n) is 1.87. The first-order valence-corrected chi connectivity index (χ1v) is 6.29. The van der Waals surface area contributed by atoms with Crippen LogP contribution in [0.15, 0.2) is 10.6 Å². The Morgan fingerprint density at radius 2 is 2.26 bits per heavy atom. The predicted octanol–water partition coefficient (Wildman–Crippen LogP) is 1.34. The molecule has 0 bridgehead atoms. The minimum absolute atomic E-state index is 0.175. The van der Waals surface area contributed by atoms with Crippen molar-refractivity contribution in [2.45, 2.75) is 26.7 Å². The van der Waals surface area contributed by atoms with Gasteiger partial charge in [-0.05, 0) is 18.9 Å². The molecular weight excluding hydrogens is 244 g/mol. The molecule has 19 heavy (non-hydrogen) atoms. The van der Waals surface area contributed by atoms with Gasteiger partial charge in [-0.3, -0.25) is 4.79 Å². The largest absolute Gasteiger partial charge is 0.351 e. The van der Waals surface area contributed by atoms with Crippen LogP contribution in [0.2, 0.25) is 0 Å². The lowest BCUT2D eigenvalue weighted by Crippen LogP contribution is -2.29. The summed E-state index contributed by atoms with van der Waals surface area (Å²) < 4.78 is 5.17. The summed E-state index contributed by atoms with van der Waals surface area (Å²) in [7, 11) is 0. The van der Waals surface area contributed by atoms with Gasteiger partial charge in [-0.25, -0.2) is 4.98 Å². The van der Waals surface area contributed by atoms with Crippen molar-refractivity contribution in [1.82, 2.24) is 15.5 Å². The van der Waals surface area contributed by atoms with E-state index in [9.17, 15) is 4.79 Å². The van der Waals surface area contributed by atoms with Crippen LogP contribution in [0.25, 0.3) is 11.1 Å². The number of carbonyl (C=O) groups excluding carboxylic acids is 1. The van der Waals surface area contributed by atoms with Gasteiger partial charge in [0.2, 0.25) is 0 Å². The smallest absolute Gasteiger partial charge is 0.259 e. The average molecular weight is 262 g/mol. The van der Waals surface area contributed by atoms with Gasteiger partial charge in [-0.1, -0.05) is 19.0 Å². The monoisotopic (exact) mass is 262 g/mol. The second-order valence-corrected chi connectivity index (χ2v) is 4.74. The summed E-state index contributed by atoms with van der Waals surface area (Å²) in [5.74, 6) is 0.0296. The zero-order chi connectivity index (χ0) is 14.0. The van der Waals surface area contributed by atoms with E-state index in [4.69, 9.17) is 10.3 Å². The third-order valence-electron chi connectivity index (χ3n) is 2.90. The molecule has 102 valence electrons. The summed E-state index contributed by atoms with van der Waals surface area (Å²) in [5.41, 5.74) is 7.81. The number of pyridine rings is 1. The number of amides is 1. The summed E-state index contributed by atoms with van der Waals surface area (Å²) in [6, 6.07) is 1.79. The Balaban J connectivity index is 2.55. The first-order chi connectivity index (χ1) is 9.04. The van der Waals surface area contributed by atoms with Gasteiger partial charge in [-0.2, -0.15) is 0 Å². The molecule has 0 fully saturated rings. The molecule has 2 aromatic heterocycles. The van der Waals surface area contributed by atoms with E-state index in [1.807, 2.05) is 13.8 Å². The Bertz CT molecular complexity index is 604. The number of aryl methyl sites for hydroxylation is 1. The molecule has 6 heteroatoms. The van der Waals surface area contributed by atoms with E-state index in [1.54, 1.807) is 13.0 Å². The number of nitrogens with zero attached hydrogens (tertiary/aromatic N) is 2. The molecule has 1 amide bonds. The second-order valence-electron chi connectivity index (χ2n) is 4.74. The third kappa shape index (κ3) is 2.58. The van der Waals surface area contributed by atoms with Crippen LogP contribution < -0.4 is 11.1 Å². The zero-order valence-electron chi connectivity index (χ0n) is 11.4. The molecular formula is C13H18N4O2. The fourth-order valence-corrected chi connectivity index (χ4v) is 1.87. The summed E-state index contributed by atoms with van der Waals surface area (Å²) in [4.78, 5) is 16.6. The van der Waals surface area contributed by atoms with Gasteiger partial charge in [0.15, 0.2) is 0 Å². The number of carbonyl (C=O) groups is 1. The minimum Gasteiger partial charge on any atom is -0.351 e. The fraction of sp³-hybridized carbons (Fsp3) is 0.462. The molecule has 0 atom stereocenters. The van der Waals surface area contributed by atoms with Crippen LogP contribution >= 0.6 is 0 Å². The molecule has 0 saturated heterocycles. The predicted molar refractivity (Wildman–Crippen MR) is 72.0 cm³/mol. The van der Waals surface area contributed by atoms with Gasteiger partial charge in [0.25, 0.3) is 11.6 Å². The van der Waals surface area contributed by atoms with E-state index in [1.165, 1.54) is 0 Å². The van der Waals surface area contributed by atoms with Crippen molar-refractivity contribution < 1.29 is 9.32 Å². The highest BCUT2D eigenvalue weighted by Gasteiger charge is 2.19. The molecule has 2 aromatic rings. The Morgan fingerprint density at radius 1 is 1.53 bits per heavy atom. The lowest BCUT2D eigenvalue weighted by atomic mass is 10.0. The summed E-state index contributed by atoms with van der Waals surface area (Å²) in [6.07, 6.45) is 0. The van der Waals surface area contributed by atoms with Crippen LogP contribution in [-0.4, -0.2) is 29.1 Å². The molecule has 2 heterocycles. The molecule has 0 unspecified atom stereocenters. The van der Waals surface area contributed by atoms with Gasteiger partial charge in [-0.15, -0.1) is 0 Å². The van der Waals surface area contributed by atoms with Crippen molar-refractivity contribution in [2.24, 2.45) is 5.73 Å². The van der Waals surface area contributed by atoms with Crippen LogP contribution in [0, 0.1) is 6.92 Å². The van der Waals surface area contributed by atoms with E-state index in [0.717, 1.165) is 5.69 Å². The Morgan fingerprint density at radius 3 is 2.89 bits per heavy atom. The Kier molecular flexibility index (Phi) is 3.80. The van der Waals surface area contributed by atoms with E-state index < -0.39 is 0 Å². The second kappa shape index (κ2) is 5.36. The number of fused-ring (bicyclic) bond motifs is 1. The summed E-state index contributed by atoms with van der Waals surface area (Å²) in [6.45, 7) is 6.66. The Labute approximate surface area is 111 Å². The lowest BCUT2D eigenvalue weighted by Gasteiger charge is -2.09. The quantitative estimate of drug-likeness (QED) is 0.867. The van der Waals surface area contributed by atoms with Crippen molar-refractivity contribution in [3.05, 3.63) is 23.0 Å². The van der Waals surface area contributed by atoms with Gasteiger partial charge in [0, 0.05) is 18.8 Å². The highest BCUT2D eigenvalue weighted by Crippen LogP contribution is 2.24. The third-order valence-corrected chi connectivity index (χ3v) is 2.90. The van der Waals surface area contributed by atoms with E-state index in [0.29, 0.717) is 35.4 Å². The zero-order valence-corrected chi connectivity index (χ0v) is 11.4. The van der Waals surface area contributed by atoms with Crippen molar-refractivity contribution in [3.63, 3.8) is 0 Å². The van der Waals surface area contributed by atoms with Crippen LogP contribution in [0.3, 0.4) is 0 Å². The summed E-state index contributed by atoms with van der Waals surface area (Å²) in [5, 5.41) is 7.31. The lowest BCUT2D eigenvalue weighted by molar-refractivity contribution is 0.0956. The number of rotatable bonds is 4. The van der Waals surface area contributed by atoms with Crippen molar-refractivity contribution in [2.75, 3.05) is 13.1 Å². The van der Waals surface area contributed by atoms with Crippen LogP contribution in [0.5, 0.6) is 0 Å². The van der Waals surface area contributed by atoms with Crippen molar-refractivity contribution in [1.29, 1.82) is 0 Å². The molecule has 6 nitrogen and oxygen atoms in total. The molecule has 3 N–H and O–H groups in total. The van der Waals surface area contributed by atoms with Crippen molar-refractivity contribution in [3.8, 4) is 0 Å². The van der Waals surface area contributed by atoms with Gasteiger partial charge in [0.1, 0.15) is 0 Å². The van der Waals surface area contributed by atoms with Gasteiger partial charge >= 0.3 is 0 Å². The van der Waals surface area contributed by atoms with Gasteiger partial charge < -0.3 is 15.6 Å². The molecule has 2 rings (SSSR count). The molecule has 0 radical (unpaired) electrons. The van der Waals surface area contributed by atoms with E-state index in [2.05, 4.69) is 15.5 Å². The topological polar surface area (TPSA) is 94.0 Å².